The number of hydrogen-bond acceptors (Lipinski definition) is 5. The molecule has 1 heterocycles. The number of benzene rings is 1. The van der Waals surface area contributed by atoms with Gasteiger partial charge in [0.1, 0.15) is 5.75 Å². The molecular weight excluding hydrogens is 348 g/mol. The van der Waals surface area contributed by atoms with Crippen LogP contribution in [0.1, 0.15) is 28.8 Å². The van der Waals surface area contributed by atoms with Crippen molar-refractivity contribution < 1.29 is 27.9 Å². The second-order valence-corrected chi connectivity index (χ2v) is 7.84. The number of amides is 1. The maximum Gasteiger partial charge on any atom is 0.335 e. The van der Waals surface area contributed by atoms with Crippen LogP contribution in [0.3, 0.4) is 0 Å². The van der Waals surface area contributed by atoms with E-state index in [0.29, 0.717) is 31.7 Å². The number of aromatic carboxylic acids is 1. The molecule has 1 amide bonds. The first-order chi connectivity index (χ1) is 11.8. The highest BCUT2D eigenvalue weighted by atomic mass is 32.2. The number of carbonyl (C=O) groups is 2. The minimum Gasteiger partial charge on any atom is -0.496 e. The van der Waals surface area contributed by atoms with Crippen LogP contribution in [0.5, 0.6) is 5.75 Å². The van der Waals surface area contributed by atoms with Crippen molar-refractivity contribution in [3.63, 3.8) is 0 Å². The van der Waals surface area contributed by atoms with Gasteiger partial charge < -0.3 is 15.2 Å². The van der Waals surface area contributed by atoms with Gasteiger partial charge >= 0.3 is 5.97 Å². The van der Waals surface area contributed by atoms with Gasteiger partial charge in [-0.05, 0) is 30.5 Å². The molecule has 0 saturated carbocycles. The van der Waals surface area contributed by atoms with Crippen molar-refractivity contribution in [1.29, 1.82) is 0 Å². The lowest BCUT2D eigenvalue weighted by Gasteiger charge is -2.14. The van der Waals surface area contributed by atoms with Crippen LogP contribution in [0.25, 0.3) is 0 Å². The van der Waals surface area contributed by atoms with Gasteiger partial charge in [0.15, 0.2) is 0 Å². The van der Waals surface area contributed by atoms with E-state index >= 15 is 0 Å². The number of carboxylic acids is 1. The van der Waals surface area contributed by atoms with Crippen LogP contribution >= 0.6 is 0 Å². The summed E-state index contributed by atoms with van der Waals surface area (Å²) in [6.07, 6.45) is 1.21. The predicted octanol–water partition coefficient (Wildman–Crippen LogP) is 0.478. The molecule has 0 aliphatic carbocycles. The van der Waals surface area contributed by atoms with E-state index in [1.165, 1.54) is 23.5 Å². The fraction of sp³-hybridized carbons (Fsp3) is 0.500. The number of rotatable bonds is 8. The highest BCUT2D eigenvalue weighted by Gasteiger charge is 2.28. The summed E-state index contributed by atoms with van der Waals surface area (Å²) in [5.41, 5.74) is 0.923. The van der Waals surface area contributed by atoms with Crippen LogP contribution < -0.4 is 10.1 Å². The summed E-state index contributed by atoms with van der Waals surface area (Å²) in [4.78, 5) is 22.8. The van der Waals surface area contributed by atoms with Gasteiger partial charge in [-0.15, -0.1) is 0 Å². The molecule has 9 heteroatoms. The van der Waals surface area contributed by atoms with Gasteiger partial charge in [0.05, 0.1) is 18.4 Å². The van der Waals surface area contributed by atoms with Crippen molar-refractivity contribution in [3.05, 3.63) is 29.3 Å². The Balaban J connectivity index is 1.80. The predicted molar refractivity (Wildman–Crippen MR) is 91.3 cm³/mol. The Kier molecular flexibility index (Phi) is 6.38. The molecule has 25 heavy (non-hydrogen) atoms. The largest absolute Gasteiger partial charge is 0.496 e. The normalized spacial score (nSPS) is 16.5. The molecule has 0 bridgehead atoms. The summed E-state index contributed by atoms with van der Waals surface area (Å²) >= 11 is 0. The second-order valence-electron chi connectivity index (χ2n) is 5.75. The summed E-state index contributed by atoms with van der Waals surface area (Å²) in [6.45, 7) is 1.03. The number of carbonyl (C=O) groups excluding carboxylic acids is 1. The number of nitrogens with zero attached hydrogens (tertiary/aromatic N) is 1. The molecule has 1 aromatic rings. The van der Waals surface area contributed by atoms with Gasteiger partial charge in [0.25, 0.3) is 0 Å². The molecule has 2 rings (SSSR count). The van der Waals surface area contributed by atoms with E-state index in [1.807, 2.05) is 0 Å². The number of methoxy groups -OCH3 is 1. The van der Waals surface area contributed by atoms with Gasteiger partial charge in [-0.3, -0.25) is 4.79 Å². The first-order valence-corrected chi connectivity index (χ1v) is 9.59. The number of sulfonamides is 1. The average molecular weight is 370 g/mol. The Morgan fingerprint density at radius 1 is 1.36 bits per heavy atom. The quantitative estimate of drug-likeness (QED) is 0.688. The Hall–Kier alpha value is -2.13. The Labute approximate surface area is 146 Å². The molecule has 1 aromatic carbocycles. The van der Waals surface area contributed by atoms with Gasteiger partial charge in [-0.1, -0.05) is 6.07 Å². The van der Waals surface area contributed by atoms with Gasteiger partial charge in [0, 0.05) is 26.1 Å². The highest BCUT2D eigenvalue weighted by Crippen LogP contribution is 2.20. The van der Waals surface area contributed by atoms with Crippen LogP contribution in [0.4, 0.5) is 0 Å². The van der Waals surface area contributed by atoms with Crippen molar-refractivity contribution in [3.8, 4) is 5.75 Å². The average Bonchev–Trinajstić information content (AvgIpc) is 2.91. The van der Waals surface area contributed by atoms with Crippen LogP contribution in [0.15, 0.2) is 18.2 Å². The van der Waals surface area contributed by atoms with E-state index in [4.69, 9.17) is 9.84 Å². The molecule has 1 fully saturated rings. The summed E-state index contributed by atoms with van der Waals surface area (Å²) in [6, 6.07) is 4.59. The molecule has 0 atom stereocenters. The van der Waals surface area contributed by atoms with Gasteiger partial charge in [-0.2, -0.15) is 0 Å². The molecule has 1 aliphatic heterocycles. The molecule has 0 spiro atoms. The van der Waals surface area contributed by atoms with Crippen LogP contribution in [-0.4, -0.2) is 62.2 Å². The van der Waals surface area contributed by atoms with Crippen molar-refractivity contribution >= 4 is 21.9 Å². The Bertz CT molecular complexity index is 747. The van der Waals surface area contributed by atoms with Crippen molar-refractivity contribution in [2.45, 2.75) is 19.3 Å². The molecule has 138 valence electrons. The maximum atomic E-state index is 11.9. The monoisotopic (exact) mass is 370 g/mol. The number of nitrogens with one attached hydrogen (secondary N) is 1. The van der Waals surface area contributed by atoms with Crippen LogP contribution in [0, 0.1) is 0 Å². The summed E-state index contributed by atoms with van der Waals surface area (Å²) in [7, 11) is -1.72. The fourth-order valence-electron chi connectivity index (χ4n) is 2.68. The smallest absolute Gasteiger partial charge is 0.335 e. The summed E-state index contributed by atoms with van der Waals surface area (Å²) in [5.74, 6) is -0.642. The zero-order chi connectivity index (χ0) is 18.4. The molecule has 8 nitrogen and oxygen atoms in total. The standard InChI is InChI=1S/C16H22N2O6S/c1-24-14-11-13(16(20)21)4-3-12(14)5-7-17-15(19)6-9-18-8-2-10-25(18,22)23/h3-4,11H,2,5-10H2,1H3,(H,17,19)(H,20,21). The van der Waals surface area contributed by atoms with Crippen molar-refractivity contribution in [2.75, 3.05) is 32.5 Å². The minimum atomic E-state index is -3.18. The first-order valence-electron chi connectivity index (χ1n) is 7.98. The van der Waals surface area contributed by atoms with Crippen molar-refractivity contribution in [1.82, 2.24) is 9.62 Å². The minimum absolute atomic E-state index is 0.119. The molecule has 0 radical (unpaired) electrons. The molecule has 1 saturated heterocycles. The van der Waals surface area contributed by atoms with Crippen LogP contribution in [0.2, 0.25) is 0 Å². The van der Waals surface area contributed by atoms with E-state index in [-0.39, 0.29) is 30.2 Å². The lowest BCUT2D eigenvalue weighted by Crippen LogP contribution is -2.32. The van der Waals surface area contributed by atoms with E-state index in [1.54, 1.807) is 6.07 Å². The SMILES string of the molecule is COc1cc(C(=O)O)ccc1CCNC(=O)CCN1CCCS1(=O)=O. The lowest BCUT2D eigenvalue weighted by atomic mass is 10.1. The fourth-order valence-corrected chi connectivity index (χ4v) is 4.21. The third-order valence-corrected chi connectivity index (χ3v) is 6.00. The topological polar surface area (TPSA) is 113 Å². The summed E-state index contributed by atoms with van der Waals surface area (Å²) < 4.78 is 29.8. The Morgan fingerprint density at radius 3 is 2.72 bits per heavy atom. The molecule has 0 aromatic heterocycles. The Morgan fingerprint density at radius 2 is 2.12 bits per heavy atom. The molecule has 0 unspecified atom stereocenters. The third-order valence-electron chi connectivity index (χ3n) is 4.04. The zero-order valence-corrected chi connectivity index (χ0v) is 14.8. The highest BCUT2D eigenvalue weighted by molar-refractivity contribution is 7.89. The number of hydrogen-bond donors (Lipinski definition) is 2. The molecule has 2 N–H and O–H groups in total. The van der Waals surface area contributed by atoms with Crippen molar-refractivity contribution in [2.24, 2.45) is 0 Å². The third kappa shape index (κ3) is 5.17. The zero-order valence-electron chi connectivity index (χ0n) is 14.0. The summed E-state index contributed by atoms with van der Waals surface area (Å²) in [5, 5.41) is 11.7. The number of ether oxygens (including phenoxy) is 1. The first kappa shape index (κ1) is 19.2. The maximum absolute atomic E-state index is 11.9. The molecular formula is C16H22N2O6S. The van der Waals surface area contributed by atoms with Gasteiger partial charge in [-0.25, -0.2) is 17.5 Å². The lowest BCUT2D eigenvalue weighted by molar-refractivity contribution is -0.121. The number of carboxylic acid groups (broad SMARTS) is 1. The van der Waals surface area contributed by atoms with E-state index in [9.17, 15) is 18.0 Å². The van der Waals surface area contributed by atoms with E-state index in [0.717, 1.165) is 5.56 Å². The van der Waals surface area contributed by atoms with E-state index in [2.05, 4.69) is 5.32 Å². The van der Waals surface area contributed by atoms with E-state index < -0.39 is 16.0 Å². The second kappa shape index (κ2) is 8.30. The molecule has 1 aliphatic rings. The van der Waals surface area contributed by atoms with Crippen LogP contribution in [-0.2, 0) is 21.2 Å². The van der Waals surface area contributed by atoms with Gasteiger partial charge in [0.2, 0.25) is 15.9 Å².